The van der Waals surface area contributed by atoms with Gasteiger partial charge in [0, 0.05) is 45.3 Å². The SMILES string of the molecule is COc1ccc(S(=O)(=O)NCCN2CCNCC2)cn1. The van der Waals surface area contributed by atoms with Crippen LogP contribution in [0.3, 0.4) is 0 Å². The smallest absolute Gasteiger partial charge is 0.242 e. The Hall–Kier alpha value is -1.22. The number of nitrogens with one attached hydrogen (secondary N) is 2. The molecule has 1 aromatic rings. The number of nitrogens with zero attached hydrogens (tertiary/aromatic N) is 2. The van der Waals surface area contributed by atoms with Gasteiger partial charge in [0.15, 0.2) is 0 Å². The van der Waals surface area contributed by atoms with Crippen LogP contribution in [0.2, 0.25) is 0 Å². The van der Waals surface area contributed by atoms with Crippen molar-refractivity contribution in [3.63, 3.8) is 0 Å². The molecule has 0 radical (unpaired) electrons. The van der Waals surface area contributed by atoms with Crippen LogP contribution in [0.15, 0.2) is 23.2 Å². The molecule has 7 nitrogen and oxygen atoms in total. The van der Waals surface area contributed by atoms with Crippen LogP contribution < -0.4 is 14.8 Å². The summed E-state index contributed by atoms with van der Waals surface area (Å²) in [6.07, 6.45) is 1.30. The maximum absolute atomic E-state index is 12.1. The van der Waals surface area contributed by atoms with E-state index in [1.54, 1.807) is 0 Å². The first-order chi connectivity index (χ1) is 9.62. The van der Waals surface area contributed by atoms with E-state index >= 15 is 0 Å². The first kappa shape index (κ1) is 15.2. The van der Waals surface area contributed by atoms with Gasteiger partial charge >= 0.3 is 0 Å². The number of methoxy groups -OCH3 is 1. The van der Waals surface area contributed by atoms with Crippen molar-refractivity contribution in [1.82, 2.24) is 19.9 Å². The summed E-state index contributed by atoms with van der Waals surface area (Å²) < 4.78 is 31.6. The minimum absolute atomic E-state index is 0.151. The minimum Gasteiger partial charge on any atom is -0.481 e. The van der Waals surface area contributed by atoms with Crippen LogP contribution in [-0.2, 0) is 10.0 Å². The molecule has 2 rings (SSSR count). The number of aromatic nitrogens is 1. The molecule has 2 N–H and O–H groups in total. The summed E-state index contributed by atoms with van der Waals surface area (Å²) >= 11 is 0. The van der Waals surface area contributed by atoms with Crippen molar-refractivity contribution in [2.75, 3.05) is 46.4 Å². The zero-order valence-electron chi connectivity index (χ0n) is 11.5. The second-order valence-corrected chi connectivity index (χ2v) is 6.29. The Morgan fingerprint density at radius 1 is 1.40 bits per heavy atom. The summed E-state index contributed by atoms with van der Waals surface area (Å²) in [5, 5.41) is 3.26. The molecule has 0 atom stereocenters. The second kappa shape index (κ2) is 6.98. The zero-order valence-corrected chi connectivity index (χ0v) is 12.3. The molecule has 1 aliphatic rings. The van der Waals surface area contributed by atoms with Gasteiger partial charge in [0.25, 0.3) is 0 Å². The van der Waals surface area contributed by atoms with Gasteiger partial charge < -0.3 is 10.1 Å². The van der Waals surface area contributed by atoms with Gasteiger partial charge in [-0.25, -0.2) is 18.1 Å². The Balaban J connectivity index is 1.86. The molecular weight excluding hydrogens is 280 g/mol. The molecule has 1 fully saturated rings. The van der Waals surface area contributed by atoms with Gasteiger partial charge in [-0.3, -0.25) is 4.90 Å². The van der Waals surface area contributed by atoms with E-state index < -0.39 is 10.0 Å². The average Bonchev–Trinajstić information content (AvgIpc) is 2.48. The Kier molecular flexibility index (Phi) is 5.30. The van der Waals surface area contributed by atoms with Crippen molar-refractivity contribution in [2.24, 2.45) is 0 Å². The molecule has 112 valence electrons. The first-order valence-electron chi connectivity index (χ1n) is 6.54. The predicted molar refractivity (Wildman–Crippen MR) is 75.3 cm³/mol. The van der Waals surface area contributed by atoms with Crippen LogP contribution in [0.25, 0.3) is 0 Å². The summed E-state index contributed by atoms with van der Waals surface area (Å²) in [4.78, 5) is 6.28. The largest absolute Gasteiger partial charge is 0.481 e. The molecule has 20 heavy (non-hydrogen) atoms. The number of hydrogen-bond acceptors (Lipinski definition) is 6. The van der Waals surface area contributed by atoms with Gasteiger partial charge in [-0.05, 0) is 6.07 Å². The Bertz CT molecular complexity index is 512. The standard InChI is InChI=1S/C12H20N4O3S/c1-19-12-3-2-11(10-14-12)20(17,18)15-6-9-16-7-4-13-5-8-16/h2-3,10,13,15H,4-9H2,1H3. The lowest BCUT2D eigenvalue weighted by Crippen LogP contribution is -2.46. The molecule has 1 aliphatic heterocycles. The number of hydrogen-bond donors (Lipinski definition) is 2. The maximum Gasteiger partial charge on any atom is 0.242 e. The third-order valence-electron chi connectivity index (χ3n) is 3.16. The second-order valence-electron chi connectivity index (χ2n) is 4.53. The lowest BCUT2D eigenvalue weighted by Gasteiger charge is -2.27. The average molecular weight is 300 g/mol. The fourth-order valence-corrected chi connectivity index (χ4v) is 2.97. The molecule has 2 heterocycles. The van der Waals surface area contributed by atoms with E-state index in [2.05, 4.69) is 19.9 Å². The summed E-state index contributed by atoms with van der Waals surface area (Å²) in [7, 11) is -2.01. The molecule has 1 saturated heterocycles. The molecule has 0 bridgehead atoms. The number of pyridine rings is 1. The Morgan fingerprint density at radius 3 is 2.75 bits per heavy atom. The predicted octanol–water partition coefficient (Wildman–Crippen LogP) is -0.726. The van der Waals surface area contributed by atoms with Gasteiger partial charge in [-0.2, -0.15) is 0 Å². The lowest BCUT2D eigenvalue weighted by atomic mass is 10.3. The van der Waals surface area contributed by atoms with E-state index in [4.69, 9.17) is 4.74 Å². The molecule has 0 aliphatic carbocycles. The topological polar surface area (TPSA) is 83.6 Å². The number of sulfonamides is 1. The van der Waals surface area contributed by atoms with Crippen LogP contribution in [0, 0.1) is 0 Å². The Morgan fingerprint density at radius 2 is 2.15 bits per heavy atom. The van der Waals surface area contributed by atoms with Crippen LogP contribution in [-0.4, -0.2) is 64.7 Å². The minimum atomic E-state index is -3.50. The zero-order chi connectivity index (χ0) is 14.4. The molecule has 0 spiro atoms. The molecule has 0 aromatic carbocycles. The van der Waals surface area contributed by atoms with Crippen LogP contribution >= 0.6 is 0 Å². The quantitative estimate of drug-likeness (QED) is 0.721. The summed E-state index contributed by atoms with van der Waals surface area (Å²) in [5.74, 6) is 0.393. The fourth-order valence-electron chi connectivity index (χ4n) is 2.00. The number of ether oxygens (including phenoxy) is 1. The van der Waals surface area contributed by atoms with Crippen molar-refractivity contribution >= 4 is 10.0 Å². The van der Waals surface area contributed by atoms with Crippen molar-refractivity contribution in [1.29, 1.82) is 0 Å². The van der Waals surface area contributed by atoms with Crippen molar-refractivity contribution < 1.29 is 13.2 Å². The lowest BCUT2D eigenvalue weighted by molar-refractivity contribution is 0.245. The summed E-state index contributed by atoms with van der Waals surface area (Å²) in [6.45, 7) is 4.92. The third kappa shape index (κ3) is 4.14. The Labute approximate surface area is 119 Å². The van der Waals surface area contributed by atoms with E-state index in [-0.39, 0.29) is 4.90 Å². The van der Waals surface area contributed by atoms with Gasteiger partial charge in [-0.15, -0.1) is 0 Å². The van der Waals surface area contributed by atoms with Crippen LogP contribution in [0.5, 0.6) is 5.88 Å². The van der Waals surface area contributed by atoms with Gasteiger partial charge in [0.1, 0.15) is 4.90 Å². The number of piperazine rings is 1. The monoisotopic (exact) mass is 300 g/mol. The van der Waals surface area contributed by atoms with E-state index in [0.29, 0.717) is 19.0 Å². The third-order valence-corrected chi connectivity index (χ3v) is 4.60. The molecule has 0 saturated carbocycles. The van der Waals surface area contributed by atoms with E-state index in [0.717, 1.165) is 26.2 Å². The van der Waals surface area contributed by atoms with Crippen molar-refractivity contribution in [3.8, 4) is 5.88 Å². The van der Waals surface area contributed by atoms with Crippen molar-refractivity contribution in [3.05, 3.63) is 18.3 Å². The number of rotatable bonds is 6. The van der Waals surface area contributed by atoms with Crippen LogP contribution in [0.4, 0.5) is 0 Å². The molecule has 1 aromatic heterocycles. The van der Waals surface area contributed by atoms with E-state index in [9.17, 15) is 8.42 Å². The van der Waals surface area contributed by atoms with Crippen molar-refractivity contribution in [2.45, 2.75) is 4.90 Å². The van der Waals surface area contributed by atoms with E-state index in [1.807, 2.05) is 0 Å². The highest BCUT2D eigenvalue weighted by atomic mass is 32.2. The molecular formula is C12H20N4O3S. The maximum atomic E-state index is 12.1. The summed E-state index contributed by atoms with van der Waals surface area (Å²) in [6, 6.07) is 3.02. The molecule has 0 amide bonds. The molecule has 0 unspecified atom stereocenters. The highest BCUT2D eigenvalue weighted by Crippen LogP contribution is 2.11. The fraction of sp³-hybridized carbons (Fsp3) is 0.583. The van der Waals surface area contributed by atoms with E-state index in [1.165, 1.54) is 25.4 Å². The molecule has 8 heteroatoms. The highest BCUT2D eigenvalue weighted by molar-refractivity contribution is 7.89. The van der Waals surface area contributed by atoms with Gasteiger partial charge in [0.05, 0.1) is 13.3 Å². The van der Waals surface area contributed by atoms with Gasteiger partial charge in [-0.1, -0.05) is 0 Å². The normalized spacial score (nSPS) is 17.1. The van der Waals surface area contributed by atoms with Gasteiger partial charge in [0.2, 0.25) is 15.9 Å². The first-order valence-corrected chi connectivity index (χ1v) is 8.03. The highest BCUT2D eigenvalue weighted by Gasteiger charge is 2.15. The van der Waals surface area contributed by atoms with Crippen LogP contribution in [0.1, 0.15) is 0 Å². The summed E-state index contributed by atoms with van der Waals surface area (Å²) in [5.41, 5.74) is 0.